The summed E-state index contributed by atoms with van der Waals surface area (Å²) in [7, 11) is 1.91. The molecule has 0 spiro atoms. The summed E-state index contributed by atoms with van der Waals surface area (Å²) in [5.41, 5.74) is 0. The summed E-state index contributed by atoms with van der Waals surface area (Å²) in [4.78, 5) is 17.5. The molecule has 1 saturated carbocycles. The molecule has 124 valence electrons. The summed E-state index contributed by atoms with van der Waals surface area (Å²) in [6.07, 6.45) is 5.70. The number of carbonyl (C=O) groups excluding carboxylic acids is 1. The molecule has 1 aliphatic carbocycles. The molecule has 0 unspecified atom stereocenters. The van der Waals surface area contributed by atoms with Crippen molar-refractivity contribution in [3.05, 3.63) is 52.1 Å². The molecule has 3 aromatic rings. The van der Waals surface area contributed by atoms with Crippen LogP contribution in [0.5, 0.6) is 0 Å². The van der Waals surface area contributed by atoms with Crippen LogP contribution in [0.3, 0.4) is 0 Å². The van der Waals surface area contributed by atoms with Crippen molar-refractivity contribution in [2.45, 2.75) is 18.9 Å². The van der Waals surface area contributed by atoms with Crippen LogP contribution in [0.2, 0.25) is 5.02 Å². The highest BCUT2D eigenvalue weighted by molar-refractivity contribution is 7.21. The molecule has 0 radical (unpaired) electrons. The molecule has 24 heavy (non-hydrogen) atoms. The van der Waals surface area contributed by atoms with E-state index in [1.165, 1.54) is 17.4 Å². The first-order chi connectivity index (χ1) is 11.6. The summed E-state index contributed by atoms with van der Waals surface area (Å²) < 4.78 is 16.6. The van der Waals surface area contributed by atoms with Crippen molar-refractivity contribution in [2.24, 2.45) is 13.0 Å². The molecule has 0 saturated heterocycles. The largest absolute Gasteiger partial charge is 0.341 e. The van der Waals surface area contributed by atoms with Crippen molar-refractivity contribution in [3.63, 3.8) is 0 Å². The Balaban J connectivity index is 1.67. The fourth-order valence-corrected chi connectivity index (χ4v) is 4.38. The second-order valence-corrected chi connectivity index (χ2v) is 7.47. The van der Waals surface area contributed by atoms with Crippen molar-refractivity contribution >= 4 is 38.9 Å². The number of fused-ring (bicyclic) bond motifs is 1. The van der Waals surface area contributed by atoms with E-state index in [4.69, 9.17) is 11.6 Å². The minimum Gasteiger partial charge on any atom is -0.341 e. The Bertz CT molecular complexity index is 931. The van der Waals surface area contributed by atoms with Gasteiger partial charge in [0.25, 0.3) is 5.91 Å². The van der Waals surface area contributed by atoms with Gasteiger partial charge in [0.05, 0.1) is 11.1 Å². The molecule has 4 rings (SSSR count). The zero-order valence-corrected chi connectivity index (χ0v) is 14.5. The van der Waals surface area contributed by atoms with E-state index < -0.39 is 5.82 Å². The zero-order valence-electron chi connectivity index (χ0n) is 12.9. The van der Waals surface area contributed by atoms with Gasteiger partial charge in [-0.05, 0) is 30.9 Å². The number of rotatable bonds is 4. The average molecular weight is 364 g/mol. The Hall–Kier alpha value is -1.92. The van der Waals surface area contributed by atoms with Gasteiger partial charge in [0.1, 0.15) is 16.5 Å². The molecule has 2 heterocycles. The van der Waals surface area contributed by atoms with Crippen molar-refractivity contribution in [3.8, 4) is 0 Å². The smallest absolute Gasteiger partial charge is 0.263 e. The van der Waals surface area contributed by atoms with Gasteiger partial charge in [-0.1, -0.05) is 17.7 Å². The van der Waals surface area contributed by atoms with E-state index in [0.717, 1.165) is 18.7 Å². The summed E-state index contributed by atoms with van der Waals surface area (Å²) in [5, 5.41) is 3.54. The summed E-state index contributed by atoms with van der Waals surface area (Å²) in [6, 6.07) is 4.59. The van der Waals surface area contributed by atoms with Gasteiger partial charge < -0.3 is 9.88 Å². The number of aryl methyl sites for hydroxylation is 1. The zero-order chi connectivity index (χ0) is 16.8. The molecule has 1 fully saturated rings. The van der Waals surface area contributed by atoms with Gasteiger partial charge in [-0.15, -0.1) is 11.3 Å². The molecule has 1 amide bonds. The number of nitrogens with one attached hydrogen (secondary N) is 1. The van der Waals surface area contributed by atoms with Gasteiger partial charge in [-0.3, -0.25) is 4.79 Å². The number of thiophene rings is 1. The number of hydrogen-bond acceptors (Lipinski definition) is 3. The van der Waals surface area contributed by atoms with E-state index in [-0.39, 0.29) is 17.0 Å². The number of carbonyl (C=O) groups is 1. The molecule has 7 heteroatoms. The number of amides is 1. The number of benzene rings is 1. The lowest BCUT2D eigenvalue weighted by Crippen LogP contribution is -2.31. The van der Waals surface area contributed by atoms with Gasteiger partial charge in [0, 0.05) is 29.5 Å². The summed E-state index contributed by atoms with van der Waals surface area (Å²) in [6.45, 7) is 0. The van der Waals surface area contributed by atoms with Crippen LogP contribution in [0.15, 0.2) is 30.6 Å². The Morgan fingerprint density at radius 1 is 1.50 bits per heavy atom. The second-order valence-electron chi connectivity index (χ2n) is 6.04. The number of imidazole rings is 1. The number of aromatic nitrogens is 2. The number of hydrogen-bond donors (Lipinski definition) is 1. The van der Waals surface area contributed by atoms with E-state index in [1.54, 1.807) is 18.3 Å². The molecule has 2 aromatic heterocycles. The minimum absolute atomic E-state index is 0.149. The highest BCUT2D eigenvalue weighted by Crippen LogP contribution is 2.42. The predicted molar refractivity (Wildman–Crippen MR) is 92.9 cm³/mol. The minimum atomic E-state index is -0.407. The molecule has 1 atom stereocenters. The molecule has 1 aliphatic rings. The van der Waals surface area contributed by atoms with Crippen LogP contribution in [0.1, 0.15) is 34.4 Å². The predicted octanol–water partition coefficient (Wildman–Crippen LogP) is 4.31. The van der Waals surface area contributed by atoms with Crippen molar-refractivity contribution in [1.82, 2.24) is 14.9 Å². The first kappa shape index (κ1) is 15.6. The summed E-state index contributed by atoms with van der Waals surface area (Å²) in [5.74, 6) is 0.533. The SMILES string of the molecule is Cn1ccnc1[C@@H](NC(=O)c1sc2cccc(F)c2c1Cl)C1CC1. The number of nitrogens with zero attached hydrogens (tertiary/aromatic N) is 2. The van der Waals surface area contributed by atoms with Crippen molar-refractivity contribution in [2.75, 3.05) is 0 Å². The second kappa shape index (κ2) is 5.86. The van der Waals surface area contributed by atoms with Crippen LogP contribution in [0.4, 0.5) is 4.39 Å². The molecular formula is C17H15ClFN3OS. The highest BCUT2D eigenvalue weighted by Gasteiger charge is 2.36. The molecule has 4 nitrogen and oxygen atoms in total. The van der Waals surface area contributed by atoms with E-state index in [2.05, 4.69) is 10.3 Å². The molecule has 0 aliphatic heterocycles. The van der Waals surface area contributed by atoms with Gasteiger partial charge in [0.15, 0.2) is 0 Å². The van der Waals surface area contributed by atoms with E-state index in [1.807, 2.05) is 17.8 Å². The van der Waals surface area contributed by atoms with E-state index in [9.17, 15) is 9.18 Å². The Kier molecular flexibility index (Phi) is 3.81. The lowest BCUT2D eigenvalue weighted by atomic mass is 10.1. The maximum Gasteiger partial charge on any atom is 0.263 e. The van der Waals surface area contributed by atoms with Crippen LogP contribution in [-0.4, -0.2) is 15.5 Å². The third-order valence-corrected chi connectivity index (χ3v) is 5.97. The van der Waals surface area contributed by atoms with Gasteiger partial charge >= 0.3 is 0 Å². The standard InChI is InChI=1S/C17H15ClFN3OS/c1-22-8-7-20-16(22)14(9-5-6-9)21-17(23)15-13(18)12-10(19)3-2-4-11(12)24-15/h2-4,7-9,14H,5-6H2,1H3,(H,21,23)/t14-/m0/s1. The Labute approximate surface area is 147 Å². The molecular weight excluding hydrogens is 349 g/mol. The van der Waals surface area contributed by atoms with Gasteiger partial charge in [-0.2, -0.15) is 0 Å². The lowest BCUT2D eigenvalue weighted by molar-refractivity contribution is 0.0933. The molecule has 0 bridgehead atoms. The van der Waals surface area contributed by atoms with Crippen molar-refractivity contribution in [1.29, 1.82) is 0 Å². The van der Waals surface area contributed by atoms with E-state index in [0.29, 0.717) is 20.9 Å². The monoisotopic (exact) mass is 363 g/mol. The quantitative estimate of drug-likeness (QED) is 0.750. The maximum atomic E-state index is 14.0. The van der Waals surface area contributed by atoms with Crippen LogP contribution in [0, 0.1) is 11.7 Å². The fourth-order valence-electron chi connectivity index (χ4n) is 2.92. The van der Waals surface area contributed by atoms with E-state index >= 15 is 0 Å². The fraction of sp³-hybridized carbons (Fsp3) is 0.294. The van der Waals surface area contributed by atoms with Crippen LogP contribution >= 0.6 is 22.9 Å². The Morgan fingerprint density at radius 3 is 2.92 bits per heavy atom. The van der Waals surface area contributed by atoms with Crippen LogP contribution in [0.25, 0.3) is 10.1 Å². The molecule has 1 N–H and O–H groups in total. The normalized spacial score (nSPS) is 15.6. The summed E-state index contributed by atoms with van der Waals surface area (Å²) >= 11 is 7.49. The highest BCUT2D eigenvalue weighted by atomic mass is 35.5. The molecule has 1 aromatic carbocycles. The average Bonchev–Trinajstić information content (AvgIpc) is 3.22. The van der Waals surface area contributed by atoms with Crippen LogP contribution < -0.4 is 5.32 Å². The van der Waals surface area contributed by atoms with Crippen LogP contribution in [-0.2, 0) is 7.05 Å². The lowest BCUT2D eigenvalue weighted by Gasteiger charge is -2.17. The van der Waals surface area contributed by atoms with Gasteiger partial charge in [-0.25, -0.2) is 9.37 Å². The first-order valence-electron chi connectivity index (χ1n) is 7.71. The number of halogens is 2. The third-order valence-electron chi connectivity index (χ3n) is 4.33. The maximum absolute atomic E-state index is 14.0. The topological polar surface area (TPSA) is 46.9 Å². The third kappa shape index (κ3) is 2.59. The Morgan fingerprint density at radius 2 is 2.29 bits per heavy atom. The van der Waals surface area contributed by atoms with Gasteiger partial charge in [0.2, 0.25) is 0 Å². The van der Waals surface area contributed by atoms with Crippen molar-refractivity contribution < 1.29 is 9.18 Å². The first-order valence-corrected chi connectivity index (χ1v) is 8.90.